The molecule has 2 N–H and O–H groups in total. The molecule has 2 heterocycles. The highest BCUT2D eigenvalue weighted by Crippen LogP contribution is 2.31. The molecule has 0 saturated carbocycles. The number of nitrogens with zero attached hydrogens (tertiary/aromatic N) is 3. The Kier molecular flexibility index (Phi) is 6.94. The van der Waals surface area contributed by atoms with Gasteiger partial charge < -0.3 is 15.5 Å². The Labute approximate surface area is 222 Å². The summed E-state index contributed by atoms with van der Waals surface area (Å²) in [6.07, 6.45) is -2.00. The molecule has 0 bridgehead atoms. The van der Waals surface area contributed by atoms with Crippen molar-refractivity contribution in [2.45, 2.75) is 26.1 Å². The molecule has 10 heteroatoms. The second-order valence-electron chi connectivity index (χ2n) is 9.00. The highest BCUT2D eigenvalue weighted by atomic mass is 35.5. The lowest BCUT2D eigenvalue weighted by atomic mass is 10.0. The van der Waals surface area contributed by atoms with Crippen molar-refractivity contribution in [3.05, 3.63) is 106 Å². The van der Waals surface area contributed by atoms with Crippen molar-refractivity contribution in [1.82, 2.24) is 9.97 Å². The van der Waals surface area contributed by atoms with E-state index in [0.717, 1.165) is 40.3 Å². The van der Waals surface area contributed by atoms with Crippen molar-refractivity contribution in [1.29, 1.82) is 0 Å². The molecule has 1 aliphatic heterocycles. The summed E-state index contributed by atoms with van der Waals surface area (Å²) in [7, 11) is 0. The molecule has 38 heavy (non-hydrogen) atoms. The highest BCUT2D eigenvalue weighted by Gasteiger charge is 2.30. The first kappa shape index (κ1) is 25.5. The fourth-order valence-corrected chi connectivity index (χ4v) is 4.44. The third kappa shape index (κ3) is 5.73. The van der Waals surface area contributed by atoms with Gasteiger partial charge in [-0.25, -0.2) is 9.97 Å². The molecule has 5 rings (SSSR count). The molecule has 1 amide bonds. The molecule has 194 valence electrons. The highest BCUT2D eigenvalue weighted by molar-refractivity contribution is 6.30. The molecule has 1 aromatic heterocycles. The minimum Gasteiger partial charge on any atom is -0.366 e. The molecule has 3 aromatic carbocycles. The van der Waals surface area contributed by atoms with Gasteiger partial charge in [-0.3, -0.25) is 4.79 Å². The molecular weight excluding hydrogens is 515 g/mol. The predicted octanol–water partition coefficient (Wildman–Crippen LogP) is 7.02. The maximum absolute atomic E-state index is 13.0. The molecule has 1 aliphatic rings. The molecular formula is C28H23ClF3N5O. The van der Waals surface area contributed by atoms with Crippen LogP contribution in [0.3, 0.4) is 0 Å². The number of benzene rings is 3. The summed E-state index contributed by atoms with van der Waals surface area (Å²) in [6.45, 7) is 3.20. The summed E-state index contributed by atoms with van der Waals surface area (Å²) in [5.74, 6) is 0.0215. The summed E-state index contributed by atoms with van der Waals surface area (Å²) in [5.41, 5.74) is 4.23. The number of aryl methyl sites for hydroxylation is 1. The lowest BCUT2D eigenvalue weighted by Gasteiger charge is -2.31. The summed E-state index contributed by atoms with van der Waals surface area (Å²) < 4.78 is 39.1. The van der Waals surface area contributed by atoms with Gasteiger partial charge in [-0.15, -0.1) is 0 Å². The molecule has 0 spiro atoms. The molecule has 0 atom stereocenters. The fraction of sp³-hybridized carbons (Fsp3) is 0.179. The molecule has 6 nitrogen and oxygen atoms in total. The largest absolute Gasteiger partial charge is 0.416 e. The maximum atomic E-state index is 13.0. The summed E-state index contributed by atoms with van der Waals surface area (Å²) in [4.78, 5) is 24.2. The van der Waals surface area contributed by atoms with E-state index in [1.54, 1.807) is 30.5 Å². The predicted molar refractivity (Wildman–Crippen MR) is 142 cm³/mol. The molecule has 0 radical (unpaired) electrons. The van der Waals surface area contributed by atoms with Gasteiger partial charge in [-0.05, 0) is 67.1 Å². The number of fused-ring (bicyclic) bond motifs is 1. The van der Waals surface area contributed by atoms with Crippen molar-refractivity contribution in [2.75, 3.05) is 22.1 Å². The quantitative estimate of drug-likeness (QED) is 0.286. The van der Waals surface area contributed by atoms with E-state index in [-0.39, 0.29) is 5.69 Å². The van der Waals surface area contributed by atoms with Crippen LogP contribution in [0.2, 0.25) is 5.02 Å². The zero-order valence-electron chi connectivity index (χ0n) is 20.3. The first-order valence-electron chi connectivity index (χ1n) is 11.9. The first-order chi connectivity index (χ1) is 18.2. The van der Waals surface area contributed by atoms with Crippen molar-refractivity contribution in [3.8, 4) is 0 Å². The van der Waals surface area contributed by atoms with E-state index in [4.69, 9.17) is 11.6 Å². The van der Waals surface area contributed by atoms with Gasteiger partial charge in [0.2, 0.25) is 5.95 Å². The Bertz CT molecular complexity index is 1490. The zero-order valence-corrected chi connectivity index (χ0v) is 21.1. The second-order valence-corrected chi connectivity index (χ2v) is 9.44. The van der Waals surface area contributed by atoms with Crippen LogP contribution in [0.4, 0.5) is 36.2 Å². The molecule has 0 fully saturated rings. The third-order valence-electron chi connectivity index (χ3n) is 6.29. The van der Waals surface area contributed by atoms with Gasteiger partial charge in [-0.2, -0.15) is 13.2 Å². The summed E-state index contributed by atoms with van der Waals surface area (Å²) in [5, 5.41) is 6.40. The second kappa shape index (κ2) is 10.3. The van der Waals surface area contributed by atoms with E-state index in [2.05, 4.69) is 25.5 Å². The van der Waals surface area contributed by atoms with Gasteiger partial charge in [0.15, 0.2) is 0 Å². The number of aromatic nitrogens is 2. The standard InChI is InChI=1S/C28H23ClF3N5O/c1-17-5-6-18(26(38)34-23-4-2-3-20(14-23)28(30,31)32)13-25(17)37-12-11-24-19(16-37)15-33-27(36-24)35-22-9-7-21(29)8-10-22/h2-10,13-15H,11-12,16H2,1H3,(H,34,38)(H,33,35,36). The Morgan fingerprint density at radius 2 is 1.82 bits per heavy atom. The average Bonchev–Trinajstić information content (AvgIpc) is 2.89. The van der Waals surface area contributed by atoms with E-state index in [1.807, 2.05) is 25.1 Å². The minimum atomic E-state index is -4.49. The van der Waals surface area contributed by atoms with E-state index in [0.29, 0.717) is 36.0 Å². The van der Waals surface area contributed by atoms with Crippen LogP contribution >= 0.6 is 11.6 Å². The summed E-state index contributed by atoms with van der Waals surface area (Å²) in [6, 6.07) is 17.1. The van der Waals surface area contributed by atoms with Crippen molar-refractivity contribution in [3.63, 3.8) is 0 Å². The van der Waals surface area contributed by atoms with Crippen LogP contribution in [0.1, 0.15) is 32.7 Å². The van der Waals surface area contributed by atoms with Gasteiger partial charge in [0.1, 0.15) is 0 Å². The van der Waals surface area contributed by atoms with Crippen LogP contribution in [0.15, 0.2) is 72.9 Å². The number of hydrogen-bond acceptors (Lipinski definition) is 5. The van der Waals surface area contributed by atoms with Crippen LogP contribution in [0.25, 0.3) is 0 Å². The van der Waals surface area contributed by atoms with Crippen molar-refractivity contribution in [2.24, 2.45) is 0 Å². The van der Waals surface area contributed by atoms with Crippen molar-refractivity contribution >= 4 is 40.5 Å². The number of halogens is 4. The molecule has 4 aromatic rings. The average molecular weight is 538 g/mol. The molecule has 0 aliphatic carbocycles. The number of alkyl halides is 3. The normalized spacial score (nSPS) is 13.1. The number of rotatable bonds is 5. The Hall–Kier alpha value is -4.11. The zero-order chi connectivity index (χ0) is 26.9. The first-order valence-corrected chi connectivity index (χ1v) is 12.2. The van der Waals surface area contributed by atoms with Gasteiger partial charge in [0.25, 0.3) is 5.91 Å². The van der Waals surface area contributed by atoms with Gasteiger partial charge >= 0.3 is 6.18 Å². The number of carbonyl (C=O) groups is 1. The lowest BCUT2D eigenvalue weighted by Crippen LogP contribution is -2.32. The topological polar surface area (TPSA) is 70.2 Å². The number of hydrogen-bond donors (Lipinski definition) is 2. The third-order valence-corrected chi connectivity index (χ3v) is 6.55. The Morgan fingerprint density at radius 1 is 1.03 bits per heavy atom. The van der Waals surface area contributed by atoms with Crippen LogP contribution in [-0.4, -0.2) is 22.4 Å². The molecule has 0 unspecified atom stereocenters. The van der Waals surface area contributed by atoms with Crippen LogP contribution in [0, 0.1) is 6.92 Å². The lowest BCUT2D eigenvalue weighted by molar-refractivity contribution is -0.137. The van der Waals surface area contributed by atoms with Gasteiger partial charge in [0.05, 0.1) is 11.3 Å². The monoisotopic (exact) mass is 537 g/mol. The number of amides is 1. The number of nitrogens with one attached hydrogen (secondary N) is 2. The van der Waals surface area contributed by atoms with Gasteiger partial charge in [-0.1, -0.05) is 23.7 Å². The van der Waals surface area contributed by atoms with Crippen LogP contribution in [-0.2, 0) is 19.1 Å². The Morgan fingerprint density at radius 3 is 2.58 bits per heavy atom. The van der Waals surface area contributed by atoms with Crippen LogP contribution < -0.4 is 15.5 Å². The maximum Gasteiger partial charge on any atom is 0.416 e. The summed E-state index contributed by atoms with van der Waals surface area (Å²) >= 11 is 5.95. The SMILES string of the molecule is Cc1ccc(C(=O)Nc2cccc(C(F)(F)F)c2)cc1N1CCc2nc(Nc3ccc(Cl)cc3)ncc2C1. The Balaban J connectivity index is 1.31. The van der Waals surface area contributed by atoms with E-state index < -0.39 is 17.6 Å². The van der Waals surface area contributed by atoms with E-state index >= 15 is 0 Å². The number of anilines is 4. The minimum absolute atomic E-state index is 0.0824. The molecule has 0 saturated heterocycles. The van der Waals surface area contributed by atoms with Crippen molar-refractivity contribution < 1.29 is 18.0 Å². The smallest absolute Gasteiger partial charge is 0.366 e. The fourth-order valence-electron chi connectivity index (χ4n) is 4.31. The number of carbonyl (C=O) groups excluding carboxylic acids is 1. The van der Waals surface area contributed by atoms with Crippen LogP contribution in [0.5, 0.6) is 0 Å². The van der Waals surface area contributed by atoms with E-state index in [1.165, 1.54) is 12.1 Å². The van der Waals surface area contributed by atoms with E-state index in [9.17, 15) is 18.0 Å². The van der Waals surface area contributed by atoms with Gasteiger partial charge in [0, 0.05) is 58.9 Å².